The van der Waals surface area contributed by atoms with Crippen molar-refractivity contribution >= 4 is 0 Å². The summed E-state index contributed by atoms with van der Waals surface area (Å²) >= 11 is 0. The van der Waals surface area contributed by atoms with Gasteiger partial charge >= 0.3 is 5.69 Å². The first kappa shape index (κ1) is 22.4. The molecule has 1 aliphatic rings. The second-order valence-corrected chi connectivity index (χ2v) is 9.45. The van der Waals surface area contributed by atoms with Crippen molar-refractivity contribution < 1.29 is 4.74 Å². The van der Waals surface area contributed by atoms with Gasteiger partial charge in [-0.25, -0.2) is 4.79 Å². The highest BCUT2D eigenvalue weighted by atomic mass is 16.5. The van der Waals surface area contributed by atoms with E-state index in [-0.39, 0.29) is 11.7 Å². The van der Waals surface area contributed by atoms with Gasteiger partial charge in [-0.2, -0.15) is 0 Å². The summed E-state index contributed by atoms with van der Waals surface area (Å²) in [6.45, 7) is 7.63. The Labute approximate surface area is 191 Å². The predicted molar refractivity (Wildman–Crippen MR) is 130 cm³/mol. The Morgan fingerprint density at radius 2 is 1.66 bits per heavy atom. The van der Waals surface area contributed by atoms with E-state index < -0.39 is 0 Å². The minimum atomic E-state index is 0.102. The summed E-state index contributed by atoms with van der Waals surface area (Å²) < 4.78 is 9.74. The second kappa shape index (κ2) is 10.2. The van der Waals surface area contributed by atoms with Gasteiger partial charge in [0.15, 0.2) is 0 Å². The first-order valence-electron chi connectivity index (χ1n) is 11.7. The van der Waals surface area contributed by atoms with E-state index in [2.05, 4.69) is 73.0 Å². The smallest absolute Gasteiger partial charge is 0.328 e. The van der Waals surface area contributed by atoms with Crippen LogP contribution >= 0.6 is 0 Å². The molecule has 4 rings (SSSR count). The van der Waals surface area contributed by atoms with Crippen LogP contribution in [0.4, 0.5) is 0 Å². The van der Waals surface area contributed by atoms with E-state index in [9.17, 15) is 4.79 Å². The number of imidazole rings is 1. The zero-order valence-corrected chi connectivity index (χ0v) is 19.5. The van der Waals surface area contributed by atoms with Crippen LogP contribution in [0.3, 0.4) is 0 Å². The SMILES string of the molecule is CC(C)COc1ccc(Cn2cc(Cc3ccccc3)n(C3CCN(C)CC3)c2=O)cc1. The third kappa shape index (κ3) is 5.52. The third-order valence-electron chi connectivity index (χ3n) is 6.21. The number of rotatable bonds is 8. The fourth-order valence-corrected chi connectivity index (χ4v) is 4.40. The zero-order valence-electron chi connectivity index (χ0n) is 19.5. The maximum Gasteiger partial charge on any atom is 0.328 e. The van der Waals surface area contributed by atoms with Crippen molar-refractivity contribution in [3.8, 4) is 5.75 Å². The van der Waals surface area contributed by atoms with Crippen LogP contribution in [-0.4, -0.2) is 40.8 Å². The molecular weight excluding hydrogens is 398 g/mol. The number of hydrogen-bond acceptors (Lipinski definition) is 3. The van der Waals surface area contributed by atoms with Crippen molar-refractivity contribution in [2.75, 3.05) is 26.7 Å². The summed E-state index contributed by atoms with van der Waals surface area (Å²) in [7, 11) is 2.16. The number of aromatic nitrogens is 2. The van der Waals surface area contributed by atoms with E-state index in [1.165, 1.54) is 5.56 Å². The number of hydrogen-bond donors (Lipinski definition) is 0. The molecule has 0 radical (unpaired) electrons. The lowest BCUT2D eigenvalue weighted by molar-refractivity contribution is 0.216. The van der Waals surface area contributed by atoms with Crippen LogP contribution < -0.4 is 10.4 Å². The Morgan fingerprint density at radius 3 is 2.31 bits per heavy atom. The van der Waals surface area contributed by atoms with Crippen LogP contribution in [0.25, 0.3) is 0 Å². The van der Waals surface area contributed by atoms with Gasteiger partial charge in [0.1, 0.15) is 5.75 Å². The Balaban J connectivity index is 1.58. The molecule has 5 nitrogen and oxygen atoms in total. The van der Waals surface area contributed by atoms with Gasteiger partial charge in [0.25, 0.3) is 0 Å². The van der Waals surface area contributed by atoms with E-state index in [4.69, 9.17) is 4.74 Å². The number of piperidine rings is 1. The average Bonchev–Trinajstić information content (AvgIpc) is 3.09. The molecule has 32 heavy (non-hydrogen) atoms. The lowest BCUT2D eigenvalue weighted by Crippen LogP contribution is -2.36. The Morgan fingerprint density at radius 1 is 0.969 bits per heavy atom. The van der Waals surface area contributed by atoms with Gasteiger partial charge in [-0.1, -0.05) is 56.3 Å². The van der Waals surface area contributed by atoms with Crippen LogP contribution in [0.15, 0.2) is 65.6 Å². The van der Waals surface area contributed by atoms with E-state index in [0.717, 1.165) is 49.4 Å². The normalized spacial score (nSPS) is 15.4. The highest BCUT2D eigenvalue weighted by Gasteiger charge is 2.24. The zero-order chi connectivity index (χ0) is 22.5. The predicted octanol–water partition coefficient (Wildman–Crippen LogP) is 4.59. The number of ether oxygens (including phenoxy) is 1. The summed E-state index contributed by atoms with van der Waals surface area (Å²) in [5.74, 6) is 1.37. The molecule has 0 aliphatic carbocycles. The summed E-state index contributed by atoms with van der Waals surface area (Å²) in [5.41, 5.74) is 3.55. The lowest BCUT2D eigenvalue weighted by Gasteiger charge is -2.30. The molecule has 0 amide bonds. The monoisotopic (exact) mass is 433 g/mol. The van der Waals surface area contributed by atoms with Gasteiger partial charge in [-0.3, -0.25) is 9.13 Å². The van der Waals surface area contributed by atoms with Crippen LogP contribution in [0, 0.1) is 5.92 Å². The average molecular weight is 434 g/mol. The van der Waals surface area contributed by atoms with Gasteiger partial charge in [-0.05, 0) is 62.2 Å². The highest BCUT2D eigenvalue weighted by molar-refractivity contribution is 5.28. The Bertz CT molecular complexity index is 1040. The largest absolute Gasteiger partial charge is 0.493 e. The molecule has 1 saturated heterocycles. The van der Waals surface area contributed by atoms with Gasteiger partial charge in [0.2, 0.25) is 0 Å². The van der Waals surface area contributed by atoms with Gasteiger partial charge in [-0.15, -0.1) is 0 Å². The third-order valence-corrected chi connectivity index (χ3v) is 6.21. The Hall–Kier alpha value is -2.79. The topological polar surface area (TPSA) is 39.4 Å². The molecule has 170 valence electrons. The first-order valence-corrected chi connectivity index (χ1v) is 11.7. The quantitative estimate of drug-likeness (QED) is 0.522. The van der Waals surface area contributed by atoms with Crippen molar-refractivity contribution in [1.29, 1.82) is 0 Å². The molecule has 1 fully saturated rings. The number of nitrogens with zero attached hydrogens (tertiary/aromatic N) is 3. The summed E-state index contributed by atoms with van der Waals surface area (Å²) in [6, 6.07) is 18.8. The summed E-state index contributed by atoms with van der Waals surface area (Å²) in [6.07, 6.45) is 4.88. The van der Waals surface area contributed by atoms with E-state index >= 15 is 0 Å². The van der Waals surface area contributed by atoms with Gasteiger partial charge in [0.05, 0.1) is 13.2 Å². The van der Waals surface area contributed by atoms with Crippen LogP contribution in [-0.2, 0) is 13.0 Å². The van der Waals surface area contributed by atoms with Crippen molar-refractivity contribution in [1.82, 2.24) is 14.0 Å². The summed E-state index contributed by atoms with van der Waals surface area (Å²) in [4.78, 5) is 15.8. The van der Waals surface area contributed by atoms with E-state index in [1.54, 1.807) is 0 Å². The molecule has 1 aromatic heterocycles. The number of benzene rings is 2. The fraction of sp³-hybridized carbons (Fsp3) is 0.444. The van der Waals surface area contributed by atoms with Crippen molar-refractivity contribution in [3.05, 3.63) is 88.1 Å². The molecule has 2 aromatic carbocycles. The summed E-state index contributed by atoms with van der Waals surface area (Å²) in [5, 5.41) is 0. The second-order valence-electron chi connectivity index (χ2n) is 9.45. The number of likely N-dealkylation sites (tertiary alicyclic amines) is 1. The van der Waals surface area contributed by atoms with Gasteiger partial charge < -0.3 is 9.64 Å². The maximum atomic E-state index is 13.5. The van der Waals surface area contributed by atoms with E-state index in [0.29, 0.717) is 19.1 Å². The Kier molecular flexibility index (Phi) is 7.15. The molecule has 1 aliphatic heterocycles. The molecule has 0 atom stereocenters. The molecule has 2 heterocycles. The lowest BCUT2D eigenvalue weighted by atomic mass is 10.0. The molecule has 0 saturated carbocycles. The molecular formula is C27H35N3O2. The molecule has 5 heteroatoms. The van der Waals surface area contributed by atoms with E-state index in [1.807, 2.05) is 22.8 Å². The van der Waals surface area contributed by atoms with Crippen LogP contribution in [0.1, 0.15) is 49.6 Å². The maximum absolute atomic E-state index is 13.5. The first-order chi connectivity index (χ1) is 15.5. The highest BCUT2D eigenvalue weighted by Crippen LogP contribution is 2.24. The fourth-order valence-electron chi connectivity index (χ4n) is 4.40. The van der Waals surface area contributed by atoms with Crippen molar-refractivity contribution in [2.45, 2.75) is 45.7 Å². The van der Waals surface area contributed by atoms with Gasteiger partial charge in [0, 0.05) is 24.4 Å². The molecule has 0 spiro atoms. The minimum Gasteiger partial charge on any atom is -0.493 e. The van der Waals surface area contributed by atoms with Crippen LogP contribution in [0.2, 0.25) is 0 Å². The van der Waals surface area contributed by atoms with Crippen molar-refractivity contribution in [2.24, 2.45) is 5.92 Å². The van der Waals surface area contributed by atoms with Crippen LogP contribution in [0.5, 0.6) is 5.75 Å². The molecule has 3 aromatic rings. The minimum absolute atomic E-state index is 0.102. The molecule has 0 bridgehead atoms. The molecule has 0 unspecified atom stereocenters. The standard InChI is InChI=1S/C27H35N3O2/c1-21(2)20-32-26-11-9-23(10-12-26)18-29-19-25(17-22-7-5-4-6-8-22)30(27(29)31)24-13-15-28(3)16-14-24/h4-12,19,21,24H,13-18,20H2,1-3H3. The van der Waals surface area contributed by atoms with Crippen molar-refractivity contribution in [3.63, 3.8) is 0 Å². The molecule has 0 N–H and O–H groups in total.